The number of aromatic nitrogens is 2. The first-order chi connectivity index (χ1) is 17.5. The first-order valence-electron chi connectivity index (χ1n) is 11.8. The van der Waals surface area contributed by atoms with Crippen LogP contribution < -0.4 is 5.01 Å². The van der Waals surface area contributed by atoms with Crippen molar-refractivity contribution in [2.45, 2.75) is 19.4 Å². The minimum Gasteiger partial charge on any atom is -0.223 e. The van der Waals surface area contributed by atoms with Gasteiger partial charge in [-0.2, -0.15) is 5.10 Å². The number of aryl methyl sites for hydroxylation is 1. The van der Waals surface area contributed by atoms with Crippen LogP contribution in [0.2, 0.25) is 0 Å². The van der Waals surface area contributed by atoms with Crippen LogP contribution in [0.25, 0.3) is 22.2 Å². The maximum Gasteiger partial charge on any atom is 0.247 e. The molecule has 5 aromatic rings. The van der Waals surface area contributed by atoms with Gasteiger partial charge in [0.15, 0.2) is 0 Å². The molecule has 1 aliphatic rings. The fourth-order valence-corrected chi connectivity index (χ4v) is 5.13. The van der Waals surface area contributed by atoms with Crippen molar-refractivity contribution in [2.75, 3.05) is 5.01 Å². The van der Waals surface area contributed by atoms with Crippen LogP contribution in [-0.2, 0) is 0 Å². The zero-order valence-corrected chi connectivity index (χ0v) is 22.7. The summed E-state index contributed by atoms with van der Waals surface area (Å²) in [7, 11) is 0. The first-order valence-corrected chi connectivity index (χ1v) is 13.4. The van der Waals surface area contributed by atoms with Gasteiger partial charge in [0.25, 0.3) is 0 Å². The van der Waals surface area contributed by atoms with E-state index in [9.17, 15) is 0 Å². The molecule has 2 heterocycles. The lowest BCUT2D eigenvalue weighted by atomic mass is 9.98. The number of nitrogens with zero attached hydrogens (tertiary/aromatic N) is 4. The van der Waals surface area contributed by atoms with Gasteiger partial charge in [-0.1, -0.05) is 98.1 Å². The third-order valence-corrected chi connectivity index (χ3v) is 7.49. The van der Waals surface area contributed by atoms with Crippen LogP contribution in [0.3, 0.4) is 0 Å². The average molecular weight is 598 g/mol. The number of anilines is 1. The fourth-order valence-electron chi connectivity index (χ4n) is 4.60. The Hall–Kier alpha value is -3.35. The van der Waals surface area contributed by atoms with E-state index in [2.05, 4.69) is 118 Å². The smallest absolute Gasteiger partial charge is 0.223 e. The van der Waals surface area contributed by atoms with Gasteiger partial charge < -0.3 is 0 Å². The van der Waals surface area contributed by atoms with Crippen LogP contribution in [0.1, 0.15) is 29.2 Å². The lowest BCUT2D eigenvalue weighted by molar-refractivity contribution is 0.689. The van der Waals surface area contributed by atoms with E-state index in [0.717, 1.165) is 48.8 Å². The zero-order valence-electron chi connectivity index (χ0n) is 19.6. The van der Waals surface area contributed by atoms with Crippen molar-refractivity contribution in [1.82, 2.24) is 9.97 Å². The van der Waals surface area contributed by atoms with Crippen LogP contribution in [0.4, 0.5) is 5.95 Å². The Labute approximate surface area is 227 Å². The number of hydrogen-bond acceptors (Lipinski definition) is 4. The number of benzene rings is 4. The summed E-state index contributed by atoms with van der Waals surface area (Å²) in [6.45, 7) is 2.10. The molecule has 0 radical (unpaired) electrons. The Morgan fingerprint density at radius 1 is 0.750 bits per heavy atom. The van der Waals surface area contributed by atoms with E-state index in [1.807, 2.05) is 23.2 Å². The molecule has 6 heteroatoms. The highest BCUT2D eigenvalue weighted by Crippen LogP contribution is 2.38. The van der Waals surface area contributed by atoms with Crippen LogP contribution >= 0.6 is 31.9 Å². The molecule has 0 spiro atoms. The van der Waals surface area contributed by atoms with Gasteiger partial charge in [-0.05, 0) is 54.4 Å². The highest BCUT2D eigenvalue weighted by atomic mass is 79.9. The third kappa shape index (κ3) is 4.47. The molecule has 1 unspecified atom stereocenters. The Morgan fingerprint density at radius 3 is 2.17 bits per heavy atom. The van der Waals surface area contributed by atoms with E-state index in [-0.39, 0.29) is 6.04 Å². The van der Waals surface area contributed by atoms with E-state index in [1.54, 1.807) is 0 Å². The molecule has 0 amide bonds. The molecule has 0 bridgehead atoms. The first kappa shape index (κ1) is 23.1. The predicted octanol–water partition coefficient (Wildman–Crippen LogP) is 8.49. The molecule has 0 fully saturated rings. The summed E-state index contributed by atoms with van der Waals surface area (Å²) < 4.78 is 2.10. The quantitative estimate of drug-likeness (QED) is 0.208. The zero-order chi connectivity index (χ0) is 24.6. The van der Waals surface area contributed by atoms with Gasteiger partial charge in [0.05, 0.1) is 23.0 Å². The second-order valence-electron chi connectivity index (χ2n) is 8.93. The molecule has 0 saturated heterocycles. The van der Waals surface area contributed by atoms with Gasteiger partial charge >= 0.3 is 0 Å². The maximum atomic E-state index is 5.12. The largest absolute Gasteiger partial charge is 0.247 e. The standard InChI is InChI=1S/C30H22Br2N4/c1-19-7-16-26-25(17-19)29(22-5-3-2-4-6-22)34-30(33-26)36-28(21-10-14-24(32)15-11-21)18-27(35-36)20-8-12-23(31)13-9-20/h2-17,28H,18H2,1H3. The van der Waals surface area contributed by atoms with E-state index in [0.29, 0.717) is 5.95 Å². The second kappa shape index (κ2) is 9.60. The maximum absolute atomic E-state index is 5.12. The summed E-state index contributed by atoms with van der Waals surface area (Å²) in [6, 6.07) is 33.4. The average Bonchev–Trinajstić information content (AvgIpc) is 3.35. The highest BCUT2D eigenvalue weighted by Gasteiger charge is 2.32. The molecular formula is C30H22Br2N4. The van der Waals surface area contributed by atoms with E-state index < -0.39 is 0 Å². The van der Waals surface area contributed by atoms with Crippen molar-refractivity contribution < 1.29 is 0 Å². The molecule has 0 saturated carbocycles. The molecule has 1 aromatic heterocycles. The lowest BCUT2D eigenvalue weighted by Gasteiger charge is -2.23. The number of rotatable bonds is 4. The summed E-state index contributed by atoms with van der Waals surface area (Å²) in [5, 5.41) is 8.13. The predicted molar refractivity (Wildman–Crippen MR) is 154 cm³/mol. The van der Waals surface area contributed by atoms with E-state index >= 15 is 0 Å². The number of halogens is 2. The van der Waals surface area contributed by atoms with Crippen molar-refractivity contribution in [1.29, 1.82) is 0 Å². The monoisotopic (exact) mass is 596 g/mol. The third-order valence-electron chi connectivity index (χ3n) is 6.43. The molecule has 0 aliphatic carbocycles. The minimum atomic E-state index is -0.0109. The Kier molecular flexibility index (Phi) is 6.15. The molecule has 176 valence electrons. The number of hydrogen-bond donors (Lipinski definition) is 0. The van der Waals surface area contributed by atoms with Gasteiger partial charge in [0.1, 0.15) is 0 Å². The van der Waals surface area contributed by atoms with E-state index in [1.165, 1.54) is 11.1 Å². The van der Waals surface area contributed by atoms with Crippen molar-refractivity contribution >= 4 is 54.4 Å². The van der Waals surface area contributed by atoms with E-state index in [4.69, 9.17) is 15.1 Å². The van der Waals surface area contributed by atoms with Crippen LogP contribution in [0.5, 0.6) is 0 Å². The Morgan fingerprint density at radius 2 is 1.44 bits per heavy atom. The summed E-state index contributed by atoms with van der Waals surface area (Å²) in [5.74, 6) is 0.602. The summed E-state index contributed by atoms with van der Waals surface area (Å²) >= 11 is 7.11. The fraction of sp³-hybridized carbons (Fsp3) is 0.100. The van der Waals surface area contributed by atoms with Crippen molar-refractivity contribution in [3.05, 3.63) is 123 Å². The highest BCUT2D eigenvalue weighted by molar-refractivity contribution is 9.10. The minimum absolute atomic E-state index is 0.0109. The van der Waals surface area contributed by atoms with Crippen molar-refractivity contribution in [2.24, 2.45) is 5.10 Å². The Bertz CT molecular complexity index is 1580. The molecule has 6 rings (SSSR count). The topological polar surface area (TPSA) is 41.4 Å². The summed E-state index contributed by atoms with van der Waals surface area (Å²) in [5.41, 5.74) is 7.36. The van der Waals surface area contributed by atoms with Gasteiger partial charge in [-0.3, -0.25) is 0 Å². The molecule has 0 N–H and O–H groups in total. The molecule has 4 aromatic carbocycles. The summed E-state index contributed by atoms with van der Waals surface area (Å²) in [6.07, 6.45) is 0.763. The summed E-state index contributed by atoms with van der Waals surface area (Å²) in [4.78, 5) is 10.1. The molecule has 1 atom stereocenters. The van der Waals surface area contributed by atoms with Gasteiger partial charge in [-0.15, -0.1) is 0 Å². The molecule has 1 aliphatic heterocycles. The number of fused-ring (bicyclic) bond motifs is 1. The van der Waals surface area contributed by atoms with Gasteiger partial charge in [-0.25, -0.2) is 15.0 Å². The molecule has 4 nitrogen and oxygen atoms in total. The van der Waals surface area contributed by atoms with Crippen molar-refractivity contribution in [3.8, 4) is 11.3 Å². The van der Waals surface area contributed by atoms with Crippen LogP contribution in [-0.4, -0.2) is 15.7 Å². The SMILES string of the molecule is Cc1ccc2nc(N3N=C(c4ccc(Br)cc4)CC3c3ccc(Br)cc3)nc(-c3ccccc3)c2c1. The van der Waals surface area contributed by atoms with Crippen molar-refractivity contribution in [3.63, 3.8) is 0 Å². The Balaban J connectivity index is 1.53. The van der Waals surface area contributed by atoms with Gasteiger partial charge in [0, 0.05) is 26.3 Å². The number of hydrazone groups is 1. The lowest BCUT2D eigenvalue weighted by Crippen LogP contribution is -2.21. The second-order valence-corrected chi connectivity index (χ2v) is 10.8. The van der Waals surface area contributed by atoms with Gasteiger partial charge in [0.2, 0.25) is 5.95 Å². The van der Waals surface area contributed by atoms with Crippen LogP contribution in [0, 0.1) is 6.92 Å². The van der Waals surface area contributed by atoms with Crippen LogP contribution in [0.15, 0.2) is 111 Å². The molecule has 36 heavy (non-hydrogen) atoms. The molecular weight excluding hydrogens is 576 g/mol. The normalized spacial score (nSPS) is 15.4.